The van der Waals surface area contributed by atoms with Crippen LogP contribution in [0.2, 0.25) is 0 Å². The van der Waals surface area contributed by atoms with Crippen LogP contribution in [0, 0.1) is 0 Å². The smallest absolute Gasteiger partial charge is 0.252 e. The summed E-state index contributed by atoms with van der Waals surface area (Å²) in [4.78, 5) is 5.00. The highest BCUT2D eigenvalue weighted by Crippen LogP contribution is 2.46. The van der Waals surface area contributed by atoms with Crippen LogP contribution in [-0.4, -0.2) is 6.71 Å². The Balaban J connectivity index is 1.19. The van der Waals surface area contributed by atoms with Gasteiger partial charge in [-0.2, -0.15) is 0 Å². The van der Waals surface area contributed by atoms with Crippen LogP contribution in [0.4, 0.5) is 34.1 Å². The maximum atomic E-state index is 2.50. The van der Waals surface area contributed by atoms with Gasteiger partial charge >= 0.3 is 0 Å². The molecular weight excluding hydrogens is 687 g/mol. The van der Waals surface area contributed by atoms with Crippen LogP contribution in [0.3, 0.4) is 0 Å². The molecule has 11 rings (SSSR count). The first-order valence-electron chi connectivity index (χ1n) is 19.7. The molecule has 3 heteroatoms. The van der Waals surface area contributed by atoms with Gasteiger partial charge in [-0.15, -0.1) is 0 Å². The number of rotatable bonds is 6. The Morgan fingerprint density at radius 2 is 0.702 bits per heavy atom. The predicted octanol–water partition coefficient (Wildman–Crippen LogP) is 12.4. The van der Waals surface area contributed by atoms with E-state index in [0.29, 0.717) is 0 Å². The molecule has 2 heterocycles. The molecule has 9 aromatic rings. The molecule has 9 aromatic carbocycles. The highest BCUT2D eigenvalue weighted by Gasteiger charge is 2.44. The van der Waals surface area contributed by atoms with Crippen LogP contribution < -0.4 is 26.2 Å². The van der Waals surface area contributed by atoms with Gasteiger partial charge in [-0.3, -0.25) is 0 Å². The summed E-state index contributed by atoms with van der Waals surface area (Å²) in [5.41, 5.74) is 20.7. The van der Waals surface area contributed by atoms with Crippen molar-refractivity contribution in [2.24, 2.45) is 0 Å². The highest BCUT2D eigenvalue weighted by atomic mass is 15.2. The largest absolute Gasteiger partial charge is 0.311 e. The second-order valence-corrected chi connectivity index (χ2v) is 14.9. The molecule has 0 radical (unpaired) electrons. The summed E-state index contributed by atoms with van der Waals surface area (Å²) in [5.74, 6) is 0. The second-order valence-electron chi connectivity index (χ2n) is 14.9. The third-order valence-electron chi connectivity index (χ3n) is 11.7. The molecule has 0 fully saturated rings. The Morgan fingerprint density at radius 1 is 0.263 bits per heavy atom. The molecule has 0 N–H and O–H groups in total. The Hall–Kier alpha value is -7.36. The van der Waals surface area contributed by atoms with E-state index < -0.39 is 0 Å². The van der Waals surface area contributed by atoms with Crippen LogP contribution in [0.1, 0.15) is 0 Å². The second kappa shape index (κ2) is 13.7. The molecule has 0 bridgehead atoms. The fraction of sp³-hybridized carbons (Fsp3) is 0. The van der Waals surface area contributed by atoms with Crippen molar-refractivity contribution in [1.82, 2.24) is 0 Å². The highest BCUT2D eigenvalue weighted by molar-refractivity contribution is 7.01. The number of anilines is 6. The van der Waals surface area contributed by atoms with E-state index in [-0.39, 0.29) is 6.71 Å². The normalized spacial score (nSPS) is 12.5. The van der Waals surface area contributed by atoms with Crippen molar-refractivity contribution in [2.75, 3.05) is 9.80 Å². The Morgan fingerprint density at radius 3 is 1.32 bits per heavy atom. The summed E-state index contributed by atoms with van der Waals surface area (Å²) < 4.78 is 0. The molecule has 0 saturated carbocycles. The molecular formula is C54H37BN2. The lowest BCUT2D eigenvalue weighted by Gasteiger charge is -2.45. The molecule has 0 spiro atoms. The Bertz CT molecular complexity index is 2890. The van der Waals surface area contributed by atoms with Crippen molar-refractivity contribution >= 4 is 57.2 Å². The van der Waals surface area contributed by atoms with Crippen LogP contribution >= 0.6 is 0 Å². The minimum absolute atomic E-state index is 0.0188. The summed E-state index contributed by atoms with van der Waals surface area (Å²) in [6.45, 7) is -0.0188. The van der Waals surface area contributed by atoms with Gasteiger partial charge in [0, 0.05) is 34.1 Å². The molecule has 0 aromatic heterocycles. The lowest BCUT2D eigenvalue weighted by Crippen LogP contribution is -2.61. The Labute approximate surface area is 334 Å². The van der Waals surface area contributed by atoms with Crippen LogP contribution in [0.5, 0.6) is 0 Å². The van der Waals surface area contributed by atoms with Crippen molar-refractivity contribution < 1.29 is 0 Å². The summed E-state index contributed by atoms with van der Waals surface area (Å²) in [6.07, 6.45) is 0. The average molecular weight is 725 g/mol. The van der Waals surface area contributed by atoms with Gasteiger partial charge in [-0.05, 0) is 109 Å². The van der Waals surface area contributed by atoms with Gasteiger partial charge in [0.05, 0.1) is 0 Å². The summed E-state index contributed by atoms with van der Waals surface area (Å²) in [5, 5.41) is 0. The Kier molecular flexibility index (Phi) is 7.96. The molecule has 0 saturated heterocycles. The number of hydrogen-bond acceptors (Lipinski definition) is 2. The van der Waals surface area contributed by atoms with Gasteiger partial charge in [-0.1, -0.05) is 176 Å². The van der Waals surface area contributed by atoms with Gasteiger partial charge in [0.1, 0.15) is 0 Å². The average Bonchev–Trinajstić information content (AvgIpc) is 3.30. The summed E-state index contributed by atoms with van der Waals surface area (Å²) in [7, 11) is 0. The van der Waals surface area contributed by atoms with Crippen molar-refractivity contribution in [3.63, 3.8) is 0 Å². The minimum atomic E-state index is -0.0188. The fourth-order valence-electron chi connectivity index (χ4n) is 9.11. The van der Waals surface area contributed by atoms with E-state index in [1.165, 1.54) is 83.6 Å². The van der Waals surface area contributed by atoms with E-state index in [9.17, 15) is 0 Å². The molecule has 0 amide bonds. The van der Waals surface area contributed by atoms with Crippen molar-refractivity contribution in [2.45, 2.75) is 0 Å². The number of hydrogen-bond donors (Lipinski definition) is 0. The van der Waals surface area contributed by atoms with Gasteiger partial charge in [-0.25, -0.2) is 0 Å². The molecule has 0 aliphatic carbocycles. The third-order valence-corrected chi connectivity index (χ3v) is 11.7. The molecule has 57 heavy (non-hydrogen) atoms. The zero-order valence-corrected chi connectivity index (χ0v) is 31.3. The molecule has 2 aliphatic heterocycles. The topological polar surface area (TPSA) is 6.48 Å². The molecule has 2 aliphatic rings. The number of benzene rings is 9. The van der Waals surface area contributed by atoms with Crippen molar-refractivity contribution in [1.29, 1.82) is 0 Å². The van der Waals surface area contributed by atoms with Gasteiger partial charge in [0.15, 0.2) is 0 Å². The van der Waals surface area contributed by atoms with E-state index in [2.05, 4.69) is 234 Å². The maximum Gasteiger partial charge on any atom is 0.252 e. The first-order chi connectivity index (χ1) is 28.3. The fourth-order valence-corrected chi connectivity index (χ4v) is 9.11. The lowest BCUT2D eigenvalue weighted by atomic mass is 9.32. The van der Waals surface area contributed by atoms with E-state index in [1.807, 2.05) is 0 Å². The molecule has 2 nitrogen and oxygen atoms in total. The third kappa shape index (κ3) is 5.59. The zero-order chi connectivity index (χ0) is 37.7. The zero-order valence-electron chi connectivity index (χ0n) is 31.3. The monoisotopic (exact) mass is 724 g/mol. The van der Waals surface area contributed by atoms with Crippen molar-refractivity contribution in [3.05, 3.63) is 224 Å². The minimum Gasteiger partial charge on any atom is -0.311 e. The first-order valence-corrected chi connectivity index (χ1v) is 19.7. The quantitative estimate of drug-likeness (QED) is 0.158. The predicted molar refractivity (Wildman–Crippen MR) is 242 cm³/mol. The van der Waals surface area contributed by atoms with Gasteiger partial charge in [0.2, 0.25) is 0 Å². The standard InChI is InChI=1S/C54H37BN2/c1-5-16-38(17-6-1)41-30-33-45(34-31-41)56-50-27-14-26-47(42-22-11-4-12-23-42)53(50)55-48-37-44(40-20-9-3-10-21-40)32-35-49(48)57(52-29-15-28-51(56)54(52)55)46-25-13-24-43(36-46)39-18-7-2-8-19-39/h1-37H. The SMILES string of the molecule is c1ccc(-c2ccc(N3c4cccc(-c5ccccc5)c4B4c5cc(-c6ccccc6)ccc5N(c5cccc(-c6ccccc6)c5)c5cccc3c54)cc2)cc1. The van der Waals surface area contributed by atoms with E-state index in [4.69, 9.17) is 0 Å². The summed E-state index contributed by atoms with van der Waals surface area (Å²) in [6, 6.07) is 82.0. The molecule has 0 atom stereocenters. The van der Waals surface area contributed by atoms with Gasteiger partial charge in [0.25, 0.3) is 6.71 Å². The van der Waals surface area contributed by atoms with Gasteiger partial charge < -0.3 is 9.80 Å². The van der Waals surface area contributed by atoms with Crippen LogP contribution in [-0.2, 0) is 0 Å². The van der Waals surface area contributed by atoms with Crippen molar-refractivity contribution in [3.8, 4) is 44.5 Å². The van der Waals surface area contributed by atoms with E-state index in [1.54, 1.807) is 0 Å². The van der Waals surface area contributed by atoms with Crippen LogP contribution in [0.25, 0.3) is 44.5 Å². The summed E-state index contributed by atoms with van der Waals surface area (Å²) >= 11 is 0. The van der Waals surface area contributed by atoms with E-state index >= 15 is 0 Å². The lowest BCUT2D eigenvalue weighted by molar-refractivity contribution is 1.25. The molecule has 266 valence electrons. The van der Waals surface area contributed by atoms with Crippen LogP contribution in [0.15, 0.2) is 224 Å². The number of nitrogens with zero attached hydrogens (tertiary/aromatic N) is 2. The number of fused-ring (bicyclic) bond motifs is 4. The van der Waals surface area contributed by atoms with E-state index in [0.717, 1.165) is 11.4 Å². The maximum absolute atomic E-state index is 2.50. The first kappa shape index (κ1) is 33.0. The molecule has 0 unspecified atom stereocenters.